The Morgan fingerprint density at radius 2 is 1.82 bits per heavy atom. The van der Waals surface area contributed by atoms with Crippen LogP contribution in [0, 0.1) is 0 Å². The second-order valence-corrected chi connectivity index (χ2v) is 5.76. The molecule has 0 atom stereocenters. The molecule has 0 unspecified atom stereocenters. The summed E-state index contributed by atoms with van der Waals surface area (Å²) in [6.07, 6.45) is 1.34. The fraction of sp³-hybridized carbons (Fsp3) is 0.211. The Labute approximate surface area is 167 Å². The third-order valence-electron chi connectivity index (χ3n) is 3.47. The molecule has 148 valence electrons. The summed E-state index contributed by atoms with van der Waals surface area (Å²) in [5.41, 5.74) is 3.16. The zero-order valence-corrected chi connectivity index (χ0v) is 16.4. The van der Waals surface area contributed by atoms with Crippen LogP contribution in [0.5, 0.6) is 17.2 Å². The molecule has 0 aromatic heterocycles. The van der Waals surface area contributed by atoms with Crippen molar-refractivity contribution in [2.24, 2.45) is 5.10 Å². The first kappa shape index (κ1) is 21.0. The van der Waals surface area contributed by atoms with E-state index in [0.29, 0.717) is 40.1 Å². The molecule has 2 amide bonds. The minimum atomic E-state index is -0.920. The van der Waals surface area contributed by atoms with E-state index in [2.05, 4.69) is 15.8 Å². The average Bonchev–Trinajstić information content (AvgIpc) is 2.70. The number of nitrogens with zero attached hydrogens (tertiary/aromatic N) is 1. The van der Waals surface area contributed by atoms with Crippen molar-refractivity contribution < 1.29 is 23.8 Å². The molecule has 0 bridgehead atoms. The molecule has 2 rings (SSSR count). The van der Waals surface area contributed by atoms with Crippen LogP contribution >= 0.6 is 11.6 Å². The maximum absolute atomic E-state index is 11.9. The molecule has 0 aliphatic carbocycles. The number of amides is 2. The largest absolute Gasteiger partial charge is 0.497 e. The monoisotopic (exact) mass is 405 g/mol. The quantitative estimate of drug-likeness (QED) is 0.419. The van der Waals surface area contributed by atoms with Gasteiger partial charge in [0, 0.05) is 5.69 Å². The molecule has 0 aliphatic heterocycles. The lowest BCUT2D eigenvalue weighted by molar-refractivity contribution is -0.136. The Balaban J connectivity index is 1.98. The number of ether oxygens (including phenoxy) is 3. The molecule has 0 saturated heterocycles. The van der Waals surface area contributed by atoms with Gasteiger partial charge in [-0.2, -0.15) is 5.10 Å². The SMILES string of the molecule is CCOc1c(Cl)cc(/C=N\NC(=O)C(=O)Nc2ccc(OC)cc2)cc1OC. The molecule has 9 heteroatoms. The summed E-state index contributed by atoms with van der Waals surface area (Å²) in [7, 11) is 3.02. The van der Waals surface area contributed by atoms with Crippen molar-refractivity contribution >= 4 is 35.3 Å². The fourth-order valence-electron chi connectivity index (χ4n) is 2.18. The van der Waals surface area contributed by atoms with E-state index in [4.69, 9.17) is 25.8 Å². The number of rotatable bonds is 7. The smallest absolute Gasteiger partial charge is 0.329 e. The highest BCUT2D eigenvalue weighted by molar-refractivity contribution is 6.39. The molecule has 0 aliphatic rings. The zero-order valence-electron chi connectivity index (χ0n) is 15.6. The number of nitrogens with one attached hydrogen (secondary N) is 2. The molecule has 0 spiro atoms. The van der Waals surface area contributed by atoms with Gasteiger partial charge in [-0.15, -0.1) is 0 Å². The van der Waals surface area contributed by atoms with Crippen LogP contribution < -0.4 is 25.0 Å². The van der Waals surface area contributed by atoms with E-state index in [9.17, 15) is 9.59 Å². The highest BCUT2D eigenvalue weighted by Gasteiger charge is 2.13. The van der Waals surface area contributed by atoms with Crippen molar-refractivity contribution in [3.05, 3.63) is 47.0 Å². The van der Waals surface area contributed by atoms with Gasteiger partial charge in [-0.05, 0) is 48.9 Å². The predicted octanol–water partition coefficient (Wildman–Crippen LogP) is 2.84. The van der Waals surface area contributed by atoms with Crippen molar-refractivity contribution in [3.8, 4) is 17.2 Å². The summed E-state index contributed by atoms with van der Waals surface area (Å²) in [6.45, 7) is 2.26. The Hall–Kier alpha value is -3.26. The van der Waals surface area contributed by atoms with Gasteiger partial charge in [-0.3, -0.25) is 9.59 Å². The lowest BCUT2D eigenvalue weighted by atomic mass is 10.2. The van der Waals surface area contributed by atoms with Crippen LogP contribution in [-0.2, 0) is 9.59 Å². The van der Waals surface area contributed by atoms with Crippen molar-refractivity contribution in [2.45, 2.75) is 6.92 Å². The Kier molecular flexibility index (Phi) is 7.65. The third-order valence-corrected chi connectivity index (χ3v) is 3.76. The summed E-state index contributed by atoms with van der Waals surface area (Å²) in [6, 6.07) is 9.79. The van der Waals surface area contributed by atoms with Crippen LogP contribution in [0.25, 0.3) is 0 Å². The van der Waals surface area contributed by atoms with Gasteiger partial charge in [0.05, 0.1) is 32.1 Å². The number of methoxy groups -OCH3 is 2. The molecule has 0 radical (unpaired) electrons. The number of carbonyl (C=O) groups excluding carboxylic acids is 2. The number of hydrazone groups is 1. The van der Waals surface area contributed by atoms with E-state index in [0.717, 1.165) is 0 Å². The highest BCUT2D eigenvalue weighted by Crippen LogP contribution is 2.35. The van der Waals surface area contributed by atoms with Gasteiger partial charge in [0.2, 0.25) is 0 Å². The minimum Gasteiger partial charge on any atom is -0.497 e. The Morgan fingerprint density at radius 3 is 2.43 bits per heavy atom. The van der Waals surface area contributed by atoms with E-state index in [1.54, 1.807) is 36.4 Å². The maximum Gasteiger partial charge on any atom is 0.329 e. The second kappa shape index (κ2) is 10.2. The Bertz CT molecular complexity index is 869. The standard InChI is InChI=1S/C19H20ClN3O5/c1-4-28-17-15(20)9-12(10-16(17)27-3)11-21-23-19(25)18(24)22-13-5-7-14(26-2)8-6-13/h5-11H,4H2,1-3H3,(H,22,24)(H,23,25)/b21-11-. The summed E-state index contributed by atoms with van der Waals surface area (Å²) in [5, 5.41) is 6.55. The van der Waals surface area contributed by atoms with E-state index in [1.807, 2.05) is 6.92 Å². The topological polar surface area (TPSA) is 98.2 Å². The van der Waals surface area contributed by atoms with Crippen LogP contribution in [0.15, 0.2) is 41.5 Å². The van der Waals surface area contributed by atoms with Gasteiger partial charge in [0.25, 0.3) is 0 Å². The number of halogens is 1. The van der Waals surface area contributed by atoms with E-state index >= 15 is 0 Å². The van der Waals surface area contributed by atoms with E-state index in [1.165, 1.54) is 20.4 Å². The third kappa shape index (κ3) is 5.62. The first-order valence-electron chi connectivity index (χ1n) is 8.27. The summed E-state index contributed by atoms with van der Waals surface area (Å²) in [5.74, 6) is -0.289. The first-order valence-corrected chi connectivity index (χ1v) is 8.65. The van der Waals surface area contributed by atoms with Gasteiger partial charge < -0.3 is 19.5 Å². The number of benzene rings is 2. The number of hydrogen-bond acceptors (Lipinski definition) is 6. The second-order valence-electron chi connectivity index (χ2n) is 5.35. The normalized spacial score (nSPS) is 10.4. The number of anilines is 1. The van der Waals surface area contributed by atoms with Crippen LogP contribution in [-0.4, -0.2) is 38.9 Å². The highest BCUT2D eigenvalue weighted by atomic mass is 35.5. The van der Waals surface area contributed by atoms with Crippen LogP contribution in [0.2, 0.25) is 5.02 Å². The Morgan fingerprint density at radius 1 is 1.11 bits per heavy atom. The zero-order chi connectivity index (χ0) is 20.5. The fourth-order valence-corrected chi connectivity index (χ4v) is 2.45. The van der Waals surface area contributed by atoms with Gasteiger partial charge in [-0.25, -0.2) is 5.43 Å². The molecule has 8 nitrogen and oxygen atoms in total. The molecular weight excluding hydrogens is 386 g/mol. The molecule has 0 fully saturated rings. The lowest BCUT2D eigenvalue weighted by Crippen LogP contribution is -2.32. The average molecular weight is 406 g/mol. The molecule has 2 N–H and O–H groups in total. The summed E-state index contributed by atoms with van der Waals surface area (Å²) < 4.78 is 15.7. The van der Waals surface area contributed by atoms with Crippen molar-refractivity contribution in [1.29, 1.82) is 0 Å². The maximum atomic E-state index is 11.9. The van der Waals surface area contributed by atoms with Crippen LogP contribution in [0.3, 0.4) is 0 Å². The summed E-state index contributed by atoms with van der Waals surface area (Å²) in [4.78, 5) is 23.8. The van der Waals surface area contributed by atoms with E-state index in [-0.39, 0.29) is 0 Å². The molecule has 28 heavy (non-hydrogen) atoms. The van der Waals surface area contributed by atoms with E-state index < -0.39 is 11.8 Å². The van der Waals surface area contributed by atoms with Crippen molar-refractivity contribution in [1.82, 2.24) is 5.43 Å². The van der Waals surface area contributed by atoms with Crippen LogP contribution in [0.1, 0.15) is 12.5 Å². The molecular formula is C19H20ClN3O5. The number of hydrogen-bond donors (Lipinski definition) is 2. The van der Waals surface area contributed by atoms with Gasteiger partial charge in [0.1, 0.15) is 5.75 Å². The van der Waals surface area contributed by atoms with Crippen molar-refractivity contribution in [2.75, 3.05) is 26.1 Å². The molecule has 2 aromatic carbocycles. The molecule has 0 heterocycles. The van der Waals surface area contributed by atoms with Gasteiger partial charge in [-0.1, -0.05) is 11.6 Å². The van der Waals surface area contributed by atoms with Crippen molar-refractivity contribution in [3.63, 3.8) is 0 Å². The van der Waals surface area contributed by atoms with Crippen LogP contribution in [0.4, 0.5) is 5.69 Å². The first-order chi connectivity index (χ1) is 13.5. The number of carbonyl (C=O) groups is 2. The molecule has 0 saturated carbocycles. The van der Waals surface area contributed by atoms with Gasteiger partial charge >= 0.3 is 11.8 Å². The molecule has 2 aromatic rings. The minimum absolute atomic E-state index is 0.339. The lowest BCUT2D eigenvalue weighted by Gasteiger charge is -2.11. The predicted molar refractivity (Wildman–Crippen MR) is 107 cm³/mol. The summed E-state index contributed by atoms with van der Waals surface area (Å²) >= 11 is 6.17. The van der Waals surface area contributed by atoms with Gasteiger partial charge in [0.15, 0.2) is 11.5 Å².